The summed E-state index contributed by atoms with van der Waals surface area (Å²) in [6.07, 6.45) is 9.63. The average Bonchev–Trinajstić information content (AvgIpc) is 2.91. The Morgan fingerprint density at radius 3 is 2.68 bits per heavy atom. The third-order valence-electron chi connectivity index (χ3n) is 4.79. The molecule has 1 N–H and O–H groups in total. The van der Waals surface area contributed by atoms with Crippen molar-refractivity contribution in [1.82, 2.24) is 20.0 Å². The van der Waals surface area contributed by atoms with Crippen LogP contribution < -0.4 is 5.32 Å². The molecule has 1 aromatic rings. The van der Waals surface area contributed by atoms with E-state index >= 15 is 0 Å². The van der Waals surface area contributed by atoms with Crippen molar-refractivity contribution in [1.29, 1.82) is 0 Å². The van der Waals surface area contributed by atoms with Crippen LogP contribution in [0.1, 0.15) is 64.1 Å². The molecule has 0 radical (unpaired) electrons. The summed E-state index contributed by atoms with van der Waals surface area (Å²) < 4.78 is 2.18. The molecule has 0 aromatic carbocycles. The molecule has 2 heterocycles. The van der Waals surface area contributed by atoms with Gasteiger partial charge in [-0.3, -0.25) is 4.68 Å². The number of nitrogens with one attached hydrogen (secondary N) is 1. The lowest BCUT2D eigenvalue weighted by molar-refractivity contribution is 0.317. The lowest BCUT2D eigenvalue weighted by Gasteiger charge is -2.34. The van der Waals surface area contributed by atoms with Crippen molar-refractivity contribution in [2.24, 2.45) is 0 Å². The number of hydrogen-bond donors (Lipinski definition) is 1. The molecule has 3 rings (SSSR count). The minimum Gasteiger partial charge on any atom is -0.360 e. The Morgan fingerprint density at radius 2 is 2.00 bits per heavy atom. The maximum absolute atomic E-state index is 5.65. The van der Waals surface area contributed by atoms with Gasteiger partial charge in [0.1, 0.15) is 0 Å². The van der Waals surface area contributed by atoms with Crippen LogP contribution in [0.25, 0.3) is 0 Å². The second-order valence-corrected chi connectivity index (χ2v) is 8.04. The fraction of sp³-hybridized carbons (Fsp3) is 0.765. The van der Waals surface area contributed by atoms with Crippen molar-refractivity contribution in [3.05, 3.63) is 17.5 Å². The molecule has 4 nitrogen and oxygen atoms in total. The van der Waals surface area contributed by atoms with E-state index in [0.29, 0.717) is 6.04 Å². The van der Waals surface area contributed by atoms with Crippen LogP contribution in [0.4, 0.5) is 0 Å². The third kappa shape index (κ3) is 3.29. The van der Waals surface area contributed by atoms with E-state index in [0.717, 1.165) is 24.6 Å². The highest BCUT2D eigenvalue weighted by molar-refractivity contribution is 7.80. The Balaban J connectivity index is 1.64. The van der Waals surface area contributed by atoms with Crippen molar-refractivity contribution in [2.45, 2.75) is 77.4 Å². The number of hydrogen-bond acceptors (Lipinski definition) is 2. The normalized spacial score (nSPS) is 19.9. The Kier molecular flexibility index (Phi) is 4.44. The van der Waals surface area contributed by atoms with Gasteiger partial charge in [-0.25, -0.2) is 0 Å². The number of thiocarbonyl (C=S) groups is 1. The lowest BCUT2D eigenvalue weighted by atomic mass is 9.96. The van der Waals surface area contributed by atoms with E-state index in [-0.39, 0.29) is 5.54 Å². The Hall–Kier alpha value is -1.10. The zero-order valence-corrected chi connectivity index (χ0v) is 14.9. The van der Waals surface area contributed by atoms with Crippen LogP contribution in [-0.4, -0.2) is 32.4 Å². The second kappa shape index (κ2) is 6.19. The largest absolute Gasteiger partial charge is 0.360 e. The summed E-state index contributed by atoms with van der Waals surface area (Å²) in [4.78, 5) is 2.31. The molecule has 0 atom stereocenters. The fourth-order valence-electron chi connectivity index (χ4n) is 3.60. The molecule has 122 valence electrons. The minimum absolute atomic E-state index is 0.0522. The van der Waals surface area contributed by atoms with Crippen molar-refractivity contribution in [3.63, 3.8) is 0 Å². The Morgan fingerprint density at radius 1 is 1.27 bits per heavy atom. The van der Waals surface area contributed by atoms with E-state index in [1.54, 1.807) is 0 Å². The van der Waals surface area contributed by atoms with Crippen LogP contribution in [0.15, 0.2) is 6.20 Å². The third-order valence-corrected chi connectivity index (χ3v) is 5.17. The smallest absolute Gasteiger partial charge is 0.169 e. The van der Waals surface area contributed by atoms with Crippen LogP contribution in [0.3, 0.4) is 0 Å². The highest BCUT2D eigenvalue weighted by Gasteiger charge is 2.27. The first kappa shape index (κ1) is 15.8. The summed E-state index contributed by atoms with van der Waals surface area (Å²) in [7, 11) is 0. The van der Waals surface area contributed by atoms with E-state index < -0.39 is 0 Å². The van der Waals surface area contributed by atoms with Crippen LogP contribution in [0, 0.1) is 0 Å². The van der Waals surface area contributed by atoms with Gasteiger partial charge in [0.05, 0.1) is 11.7 Å². The van der Waals surface area contributed by atoms with E-state index in [1.165, 1.54) is 43.4 Å². The number of nitrogens with zero attached hydrogens (tertiary/aromatic N) is 3. The summed E-state index contributed by atoms with van der Waals surface area (Å²) in [5.74, 6) is 0. The molecule has 0 amide bonds. The highest BCUT2D eigenvalue weighted by Crippen LogP contribution is 2.25. The van der Waals surface area contributed by atoms with E-state index in [9.17, 15) is 0 Å². The molecule has 5 heteroatoms. The SMILES string of the molecule is CC(C)(C)n1ncc2c1CCN(C(=S)NC1CCCCC1)C2. The molecular formula is C17H28N4S. The Bertz CT molecular complexity index is 537. The van der Waals surface area contributed by atoms with Gasteiger partial charge in [0.15, 0.2) is 5.11 Å². The van der Waals surface area contributed by atoms with Crippen molar-refractivity contribution < 1.29 is 0 Å². The molecule has 0 unspecified atom stereocenters. The second-order valence-electron chi connectivity index (χ2n) is 7.66. The summed E-state index contributed by atoms with van der Waals surface area (Å²) in [5, 5.41) is 9.12. The zero-order chi connectivity index (χ0) is 15.7. The van der Waals surface area contributed by atoms with Gasteiger partial charge in [-0.2, -0.15) is 5.10 Å². The first-order chi connectivity index (χ1) is 10.4. The predicted molar refractivity (Wildman–Crippen MR) is 93.9 cm³/mol. The van der Waals surface area contributed by atoms with E-state index in [2.05, 4.69) is 40.8 Å². The van der Waals surface area contributed by atoms with Gasteiger partial charge in [-0.15, -0.1) is 0 Å². The molecule has 1 saturated carbocycles. The van der Waals surface area contributed by atoms with Gasteiger partial charge in [-0.1, -0.05) is 19.3 Å². The van der Waals surface area contributed by atoms with Gasteiger partial charge in [0.2, 0.25) is 0 Å². The van der Waals surface area contributed by atoms with Gasteiger partial charge in [0, 0.05) is 36.8 Å². The van der Waals surface area contributed by atoms with Gasteiger partial charge in [0.25, 0.3) is 0 Å². The zero-order valence-electron chi connectivity index (χ0n) is 14.1. The molecule has 1 aliphatic heterocycles. The molecule has 1 fully saturated rings. The van der Waals surface area contributed by atoms with Crippen LogP contribution in [0.5, 0.6) is 0 Å². The number of rotatable bonds is 1. The van der Waals surface area contributed by atoms with Gasteiger partial charge >= 0.3 is 0 Å². The van der Waals surface area contributed by atoms with Crippen molar-refractivity contribution >= 4 is 17.3 Å². The lowest BCUT2D eigenvalue weighted by Crippen LogP contribution is -2.47. The summed E-state index contributed by atoms with van der Waals surface area (Å²) >= 11 is 5.65. The maximum atomic E-state index is 5.65. The van der Waals surface area contributed by atoms with E-state index in [1.807, 2.05) is 6.20 Å². The predicted octanol–water partition coefficient (Wildman–Crippen LogP) is 3.20. The summed E-state index contributed by atoms with van der Waals surface area (Å²) in [6, 6.07) is 0.583. The molecular weight excluding hydrogens is 292 g/mol. The molecule has 1 aliphatic carbocycles. The van der Waals surface area contributed by atoms with Gasteiger partial charge < -0.3 is 10.2 Å². The van der Waals surface area contributed by atoms with E-state index in [4.69, 9.17) is 12.2 Å². The molecule has 0 spiro atoms. The highest BCUT2D eigenvalue weighted by atomic mass is 32.1. The first-order valence-electron chi connectivity index (χ1n) is 8.57. The van der Waals surface area contributed by atoms with Crippen LogP contribution in [-0.2, 0) is 18.5 Å². The number of aromatic nitrogens is 2. The standard InChI is InChI=1S/C17H28N4S/c1-17(2,3)21-15-9-10-20(12-13(15)11-18-21)16(22)19-14-7-5-4-6-8-14/h11,14H,4-10,12H2,1-3H3,(H,19,22). The monoisotopic (exact) mass is 320 g/mol. The molecule has 1 aromatic heterocycles. The Labute approximate surface area is 139 Å². The van der Waals surface area contributed by atoms with Crippen LogP contribution >= 0.6 is 12.2 Å². The van der Waals surface area contributed by atoms with Crippen LogP contribution in [0.2, 0.25) is 0 Å². The maximum Gasteiger partial charge on any atom is 0.169 e. The fourth-order valence-corrected chi connectivity index (χ4v) is 3.92. The van der Waals surface area contributed by atoms with Crippen molar-refractivity contribution in [3.8, 4) is 0 Å². The molecule has 0 saturated heterocycles. The topological polar surface area (TPSA) is 33.1 Å². The average molecular weight is 321 g/mol. The quantitative estimate of drug-likeness (QED) is 0.806. The molecule has 0 bridgehead atoms. The molecule has 2 aliphatic rings. The van der Waals surface area contributed by atoms with Gasteiger partial charge in [-0.05, 0) is 45.8 Å². The molecule has 22 heavy (non-hydrogen) atoms. The summed E-state index contributed by atoms with van der Waals surface area (Å²) in [5.41, 5.74) is 2.76. The summed E-state index contributed by atoms with van der Waals surface area (Å²) in [6.45, 7) is 8.52. The first-order valence-corrected chi connectivity index (χ1v) is 8.97. The number of fused-ring (bicyclic) bond motifs is 1. The van der Waals surface area contributed by atoms with Crippen molar-refractivity contribution in [2.75, 3.05) is 6.54 Å². The minimum atomic E-state index is 0.0522.